The number of aromatic nitrogens is 1. The number of halogens is 1. The number of carboxylic acid groups (broad SMARTS) is 1. The highest BCUT2D eigenvalue weighted by Crippen LogP contribution is 2.34. The Balaban J connectivity index is 1.53. The standard InChI is InChI=1S/C26H27ClN2O4/c1-2-24(26(32)29-13-5-6-17(16-29)14-25(30)31)33-18-9-10-21-19(11-12-28-23(21)15-18)20-7-3-4-8-22(20)27/h3-4,7-12,15,17,24H,2,5-6,13-14,16H2,1H3,(H,30,31)/t17-,24?/m1/s1. The quantitative estimate of drug-likeness (QED) is 0.502. The summed E-state index contributed by atoms with van der Waals surface area (Å²) in [5.41, 5.74) is 2.67. The molecule has 1 aliphatic heterocycles. The Morgan fingerprint density at radius 1 is 1.21 bits per heavy atom. The maximum atomic E-state index is 13.1. The number of aliphatic carboxylic acids is 1. The summed E-state index contributed by atoms with van der Waals surface area (Å²) < 4.78 is 6.10. The molecule has 0 aliphatic carbocycles. The topological polar surface area (TPSA) is 79.7 Å². The van der Waals surface area contributed by atoms with E-state index >= 15 is 0 Å². The number of fused-ring (bicyclic) bond motifs is 1. The highest BCUT2D eigenvalue weighted by Gasteiger charge is 2.30. The van der Waals surface area contributed by atoms with E-state index in [2.05, 4.69) is 4.98 Å². The molecule has 6 nitrogen and oxygen atoms in total. The minimum absolute atomic E-state index is 0.00851. The summed E-state index contributed by atoms with van der Waals surface area (Å²) in [6.07, 6.45) is 3.36. The summed E-state index contributed by atoms with van der Waals surface area (Å²) in [5.74, 6) is -0.348. The molecular formula is C26H27ClN2O4. The van der Waals surface area contributed by atoms with Crippen molar-refractivity contribution >= 4 is 34.4 Å². The Morgan fingerprint density at radius 2 is 2.03 bits per heavy atom. The van der Waals surface area contributed by atoms with E-state index in [0.29, 0.717) is 30.3 Å². The average molecular weight is 467 g/mol. The normalized spacial score (nSPS) is 17.0. The second kappa shape index (κ2) is 10.2. The molecule has 172 valence electrons. The Labute approximate surface area is 198 Å². The maximum Gasteiger partial charge on any atom is 0.303 e. The van der Waals surface area contributed by atoms with Crippen LogP contribution in [0.3, 0.4) is 0 Å². The highest BCUT2D eigenvalue weighted by atomic mass is 35.5. The van der Waals surface area contributed by atoms with Crippen molar-refractivity contribution in [3.63, 3.8) is 0 Å². The van der Waals surface area contributed by atoms with Gasteiger partial charge in [-0.05, 0) is 55.0 Å². The van der Waals surface area contributed by atoms with Gasteiger partial charge in [-0.3, -0.25) is 14.6 Å². The lowest BCUT2D eigenvalue weighted by Gasteiger charge is -2.34. The number of rotatable bonds is 7. The predicted molar refractivity (Wildman–Crippen MR) is 128 cm³/mol. The molecule has 1 aliphatic rings. The molecule has 3 aromatic rings. The first-order valence-electron chi connectivity index (χ1n) is 11.3. The summed E-state index contributed by atoms with van der Waals surface area (Å²) in [5, 5.41) is 10.7. The number of carbonyl (C=O) groups is 2. The lowest BCUT2D eigenvalue weighted by atomic mass is 9.94. The van der Waals surface area contributed by atoms with Crippen LogP contribution < -0.4 is 4.74 Å². The maximum absolute atomic E-state index is 13.1. The molecule has 2 heterocycles. The number of carboxylic acids is 1. The number of amides is 1. The molecule has 0 radical (unpaired) electrons. The molecule has 0 bridgehead atoms. The van der Waals surface area contributed by atoms with E-state index in [1.54, 1.807) is 11.1 Å². The molecule has 7 heteroatoms. The minimum atomic E-state index is -0.822. The Kier molecular flexibility index (Phi) is 7.14. The molecule has 33 heavy (non-hydrogen) atoms. The van der Waals surface area contributed by atoms with Gasteiger partial charge in [0.1, 0.15) is 5.75 Å². The van der Waals surface area contributed by atoms with Crippen LogP contribution in [0.5, 0.6) is 5.75 Å². The number of piperidine rings is 1. The summed E-state index contributed by atoms with van der Waals surface area (Å²) in [6, 6.07) is 15.3. The fourth-order valence-corrected chi connectivity index (χ4v) is 4.71. The van der Waals surface area contributed by atoms with Crippen LogP contribution in [0, 0.1) is 5.92 Å². The molecule has 2 aromatic carbocycles. The smallest absolute Gasteiger partial charge is 0.303 e. The molecule has 2 atom stereocenters. The zero-order valence-corrected chi connectivity index (χ0v) is 19.3. The van der Waals surface area contributed by atoms with Gasteiger partial charge in [0.25, 0.3) is 5.91 Å². The van der Waals surface area contributed by atoms with Crippen LogP contribution in [0.2, 0.25) is 5.02 Å². The molecule has 1 unspecified atom stereocenters. The number of hydrogen-bond donors (Lipinski definition) is 1. The van der Waals surface area contributed by atoms with Crippen molar-refractivity contribution in [3.8, 4) is 16.9 Å². The van der Waals surface area contributed by atoms with Gasteiger partial charge in [0.2, 0.25) is 0 Å². The van der Waals surface area contributed by atoms with E-state index in [-0.39, 0.29) is 18.2 Å². The number of benzene rings is 2. The third-order valence-corrected chi connectivity index (χ3v) is 6.43. The molecule has 1 fully saturated rings. The molecule has 1 N–H and O–H groups in total. The number of ether oxygens (including phenoxy) is 1. The van der Waals surface area contributed by atoms with Crippen LogP contribution in [0.25, 0.3) is 22.0 Å². The second-order valence-electron chi connectivity index (χ2n) is 8.42. The van der Waals surface area contributed by atoms with Crippen molar-refractivity contribution in [2.75, 3.05) is 13.1 Å². The molecule has 1 aromatic heterocycles. The second-order valence-corrected chi connectivity index (χ2v) is 8.83. The largest absolute Gasteiger partial charge is 0.481 e. The fourth-order valence-electron chi connectivity index (χ4n) is 4.47. The SMILES string of the molecule is CCC(Oc1ccc2c(-c3ccccc3Cl)ccnc2c1)C(=O)N1CCC[C@H](CC(=O)O)C1. The number of nitrogens with zero attached hydrogens (tertiary/aromatic N) is 2. The van der Waals surface area contributed by atoms with Gasteiger partial charge >= 0.3 is 5.97 Å². The highest BCUT2D eigenvalue weighted by molar-refractivity contribution is 6.33. The first-order valence-corrected chi connectivity index (χ1v) is 11.6. The van der Waals surface area contributed by atoms with Gasteiger partial charge in [0.05, 0.1) is 5.52 Å². The van der Waals surface area contributed by atoms with Crippen molar-refractivity contribution in [2.24, 2.45) is 5.92 Å². The fraction of sp³-hybridized carbons (Fsp3) is 0.346. The average Bonchev–Trinajstić information content (AvgIpc) is 2.81. The zero-order valence-electron chi connectivity index (χ0n) is 18.5. The third kappa shape index (κ3) is 5.28. The van der Waals surface area contributed by atoms with Crippen LogP contribution in [-0.4, -0.2) is 46.1 Å². The van der Waals surface area contributed by atoms with Gasteiger partial charge in [0, 0.05) is 47.7 Å². The van der Waals surface area contributed by atoms with E-state index in [0.717, 1.165) is 34.9 Å². The number of pyridine rings is 1. The van der Waals surface area contributed by atoms with Crippen LogP contribution in [0.15, 0.2) is 54.7 Å². The van der Waals surface area contributed by atoms with Gasteiger partial charge in [-0.15, -0.1) is 0 Å². The summed E-state index contributed by atoms with van der Waals surface area (Å²) >= 11 is 6.40. The van der Waals surface area contributed by atoms with Gasteiger partial charge in [0.15, 0.2) is 6.10 Å². The van der Waals surface area contributed by atoms with Crippen LogP contribution in [0.4, 0.5) is 0 Å². The Hall–Kier alpha value is -3.12. The summed E-state index contributed by atoms with van der Waals surface area (Å²) in [4.78, 5) is 30.4. The van der Waals surface area contributed by atoms with E-state index in [4.69, 9.17) is 21.4 Å². The molecule has 1 saturated heterocycles. The predicted octanol–water partition coefficient (Wildman–Crippen LogP) is 5.43. The molecule has 0 spiro atoms. The van der Waals surface area contributed by atoms with Gasteiger partial charge in [-0.2, -0.15) is 0 Å². The lowest BCUT2D eigenvalue weighted by Crippen LogP contribution is -2.46. The summed E-state index contributed by atoms with van der Waals surface area (Å²) in [6.45, 7) is 3.01. The Bertz CT molecular complexity index is 1170. The number of carbonyl (C=O) groups excluding carboxylic acids is 1. The van der Waals surface area contributed by atoms with Crippen LogP contribution in [0.1, 0.15) is 32.6 Å². The van der Waals surface area contributed by atoms with Crippen molar-refractivity contribution in [1.82, 2.24) is 9.88 Å². The van der Waals surface area contributed by atoms with E-state index in [1.807, 2.05) is 55.5 Å². The van der Waals surface area contributed by atoms with Crippen LogP contribution in [-0.2, 0) is 9.59 Å². The van der Waals surface area contributed by atoms with E-state index in [1.165, 1.54) is 0 Å². The molecule has 0 saturated carbocycles. The van der Waals surface area contributed by atoms with Crippen molar-refractivity contribution in [1.29, 1.82) is 0 Å². The van der Waals surface area contributed by atoms with E-state index < -0.39 is 12.1 Å². The molecule has 4 rings (SSSR count). The van der Waals surface area contributed by atoms with Crippen molar-refractivity contribution in [3.05, 3.63) is 59.8 Å². The van der Waals surface area contributed by atoms with Crippen molar-refractivity contribution in [2.45, 2.75) is 38.7 Å². The molecular weight excluding hydrogens is 440 g/mol. The van der Waals surface area contributed by atoms with Gasteiger partial charge < -0.3 is 14.7 Å². The van der Waals surface area contributed by atoms with Crippen molar-refractivity contribution < 1.29 is 19.4 Å². The number of likely N-dealkylation sites (tertiary alicyclic amines) is 1. The Morgan fingerprint density at radius 3 is 2.79 bits per heavy atom. The first kappa shape index (κ1) is 23.1. The third-order valence-electron chi connectivity index (χ3n) is 6.10. The van der Waals surface area contributed by atoms with Gasteiger partial charge in [-0.25, -0.2) is 0 Å². The minimum Gasteiger partial charge on any atom is -0.481 e. The monoisotopic (exact) mass is 466 g/mol. The number of hydrogen-bond acceptors (Lipinski definition) is 4. The first-order chi connectivity index (χ1) is 16.0. The van der Waals surface area contributed by atoms with E-state index in [9.17, 15) is 9.59 Å². The lowest BCUT2D eigenvalue weighted by molar-refractivity contribution is -0.144. The molecule has 1 amide bonds. The van der Waals surface area contributed by atoms with Gasteiger partial charge in [-0.1, -0.05) is 36.7 Å². The van der Waals surface area contributed by atoms with Crippen LogP contribution >= 0.6 is 11.6 Å². The summed E-state index contributed by atoms with van der Waals surface area (Å²) in [7, 11) is 0. The zero-order chi connectivity index (χ0) is 23.4.